The van der Waals surface area contributed by atoms with Gasteiger partial charge in [-0.05, 0) is 59.6 Å². The molecule has 0 spiro atoms. The Morgan fingerprint density at radius 3 is 1.95 bits per heavy atom. The fourth-order valence-corrected chi connectivity index (χ4v) is 12.1. The first-order valence-electron chi connectivity index (χ1n) is 19.2. The van der Waals surface area contributed by atoms with Crippen LogP contribution in [0.3, 0.4) is 0 Å². The number of allylic oxidation sites excluding steroid dienone is 4. The number of carbonyl (C=O) groups excluding carboxylic acids is 7. The van der Waals surface area contributed by atoms with E-state index in [2.05, 4.69) is 0 Å². The number of aliphatic hydroxyl groups is 3. The lowest BCUT2D eigenvalue weighted by Crippen LogP contribution is -2.79. The van der Waals surface area contributed by atoms with Gasteiger partial charge in [-0.1, -0.05) is 82.3 Å². The standard InChI is InChI=1S/C44H45NO11/c1-18(2)30-38(52)29(41(45)55)39(53)44(56)40(54)31-37(51)28-27(16-42(31,3)17-43(30,44)4)19(14-25-33(47)21-9-5-6-10-22(21)34(25)48)13-20(32(28)46)15-26-35(49)23-11-7-8-12-24(23)36(26)50/h5-13,18,23-26,29-31,38,40,46,52,54,56H,14-17H2,1-4H3,(H2,45,55)/t23?,24?,26?,29-,30+,31-,38?,40?,42-,43-,44+/m1/s1. The number of amides is 1. The molecule has 6 N–H and O–H groups in total. The number of fused-ring (bicyclic) bond motifs is 5. The third kappa shape index (κ3) is 4.84. The Bertz CT molecular complexity index is 2190. The molecule has 0 bridgehead atoms. The Labute approximate surface area is 322 Å². The Balaban J connectivity index is 1.28. The first-order valence-corrected chi connectivity index (χ1v) is 19.2. The van der Waals surface area contributed by atoms with Gasteiger partial charge in [0.2, 0.25) is 5.91 Å². The maximum atomic E-state index is 15.1. The fraction of sp³-hybridized carbons (Fsp3) is 0.477. The van der Waals surface area contributed by atoms with Crippen molar-refractivity contribution < 1.29 is 54.0 Å². The van der Waals surface area contributed by atoms with E-state index in [0.29, 0.717) is 11.1 Å². The fourth-order valence-electron chi connectivity index (χ4n) is 12.1. The van der Waals surface area contributed by atoms with Gasteiger partial charge in [-0.3, -0.25) is 33.6 Å². The number of carbonyl (C=O) groups is 7. The smallest absolute Gasteiger partial charge is 0.230 e. The summed E-state index contributed by atoms with van der Waals surface area (Å²) in [5.74, 6) is -13.7. The molecule has 2 aromatic rings. The number of phenols is 1. The number of rotatable bonds is 6. The quantitative estimate of drug-likeness (QED) is 0.269. The van der Waals surface area contributed by atoms with Gasteiger partial charge in [-0.15, -0.1) is 0 Å². The SMILES string of the molecule is CC(C)[C@H]1C(O)[C@@H](C(N)=O)C(=O)[C@]2(O)C(O)[C@H]3C(=O)c4c(O)c(CC5C(=O)C6C=CC=CC6C5=O)cc(CC5C(=O)c6ccccc6C5=O)c4C[C@]3(C)C[C@]12C. The van der Waals surface area contributed by atoms with Gasteiger partial charge in [0.15, 0.2) is 40.3 Å². The van der Waals surface area contributed by atoms with Crippen LogP contribution in [0.15, 0.2) is 54.6 Å². The second-order valence-electron chi connectivity index (χ2n) is 17.8. The van der Waals surface area contributed by atoms with Crippen LogP contribution in [0.4, 0.5) is 0 Å². The van der Waals surface area contributed by atoms with Gasteiger partial charge in [-0.25, -0.2) is 0 Å². The first kappa shape index (κ1) is 38.0. The molecule has 56 heavy (non-hydrogen) atoms. The molecule has 3 fully saturated rings. The van der Waals surface area contributed by atoms with Gasteiger partial charge < -0.3 is 26.2 Å². The molecule has 10 atom stereocenters. The molecule has 292 valence electrons. The Kier molecular flexibility index (Phi) is 8.51. The van der Waals surface area contributed by atoms with Crippen molar-refractivity contribution in [3.63, 3.8) is 0 Å². The average molecular weight is 764 g/mol. The lowest BCUT2D eigenvalue weighted by molar-refractivity contribution is -0.265. The van der Waals surface area contributed by atoms with E-state index in [0.717, 1.165) is 0 Å². The minimum Gasteiger partial charge on any atom is -0.507 e. The summed E-state index contributed by atoms with van der Waals surface area (Å²) in [7, 11) is 0. The zero-order chi connectivity index (χ0) is 40.5. The minimum absolute atomic E-state index is 0.0257. The van der Waals surface area contributed by atoms with Gasteiger partial charge in [0, 0.05) is 28.4 Å². The molecule has 0 aromatic heterocycles. The second kappa shape index (κ2) is 12.5. The third-order valence-electron chi connectivity index (χ3n) is 14.4. The van der Waals surface area contributed by atoms with Crippen LogP contribution < -0.4 is 5.73 Å². The number of aliphatic hydroxyl groups excluding tert-OH is 2. The minimum atomic E-state index is -2.72. The number of benzene rings is 2. The lowest BCUT2D eigenvalue weighted by Gasteiger charge is -2.66. The number of ketones is 6. The van der Waals surface area contributed by atoms with E-state index in [1.54, 1.807) is 82.3 Å². The van der Waals surface area contributed by atoms with E-state index >= 15 is 4.79 Å². The number of nitrogens with two attached hydrogens (primary N) is 1. The predicted molar refractivity (Wildman–Crippen MR) is 198 cm³/mol. The second-order valence-corrected chi connectivity index (χ2v) is 17.8. The zero-order valence-electron chi connectivity index (χ0n) is 31.5. The van der Waals surface area contributed by atoms with Crippen molar-refractivity contribution >= 4 is 40.6 Å². The van der Waals surface area contributed by atoms with E-state index in [1.807, 2.05) is 0 Å². The van der Waals surface area contributed by atoms with Crippen LogP contribution in [0.25, 0.3) is 0 Å². The van der Waals surface area contributed by atoms with Crippen molar-refractivity contribution in [3.8, 4) is 5.75 Å². The number of phenolic OH excluding ortho intramolecular Hbond substituents is 1. The Morgan fingerprint density at radius 2 is 1.41 bits per heavy atom. The van der Waals surface area contributed by atoms with Crippen LogP contribution >= 0.6 is 0 Å². The molecular formula is C44H45NO11. The maximum absolute atomic E-state index is 15.1. The summed E-state index contributed by atoms with van der Waals surface area (Å²) in [6, 6.07) is 8.01. The van der Waals surface area contributed by atoms with Crippen molar-refractivity contribution in [2.75, 3.05) is 0 Å². The molecule has 2 aromatic carbocycles. The van der Waals surface area contributed by atoms with Crippen molar-refractivity contribution in [1.82, 2.24) is 0 Å². The van der Waals surface area contributed by atoms with E-state index < -0.39 is 111 Å². The monoisotopic (exact) mass is 763 g/mol. The molecule has 0 saturated heterocycles. The van der Waals surface area contributed by atoms with Crippen molar-refractivity contribution in [2.24, 2.45) is 63.9 Å². The molecule has 6 aliphatic carbocycles. The number of hydrogen-bond acceptors (Lipinski definition) is 11. The number of aromatic hydroxyl groups is 1. The summed E-state index contributed by atoms with van der Waals surface area (Å²) in [6.45, 7) is 6.78. The molecule has 6 aliphatic rings. The largest absolute Gasteiger partial charge is 0.507 e. The summed E-state index contributed by atoms with van der Waals surface area (Å²) in [5.41, 5.74) is 1.06. The van der Waals surface area contributed by atoms with Gasteiger partial charge >= 0.3 is 0 Å². The first-order chi connectivity index (χ1) is 26.3. The average Bonchev–Trinajstić information content (AvgIpc) is 3.51. The van der Waals surface area contributed by atoms with Gasteiger partial charge in [0.05, 0.1) is 29.4 Å². The molecule has 0 heterocycles. The van der Waals surface area contributed by atoms with Gasteiger partial charge in [0.1, 0.15) is 17.8 Å². The molecule has 1 amide bonds. The van der Waals surface area contributed by atoms with Crippen molar-refractivity contribution in [3.05, 3.63) is 88.0 Å². The topological polar surface area (TPSA) is 226 Å². The van der Waals surface area contributed by atoms with Crippen molar-refractivity contribution in [2.45, 2.75) is 71.2 Å². The van der Waals surface area contributed by atoms with Gasteiger partial charge in [-0.2, -0.15) is 0 Å². The maximum Gasteiger partial charge on any atom is 0.230 e. The molecule has 8 rings (SSSR count). The highest BCUT2D eigenvalue weighted by Crippen LogP contribution is 2.66. The summed E-state index contributed by atoms with van der Waals surface area (Å²) < 4.78 is 0. The number of hydrogen-bond donors (Lipinski definition) is 5. The molecule has 12 heteroatoms. The molecule has 0 radical (unpaired) electrons. The summed E-state index contributed by atoms with van der Waals surface area (Å²) in [6.07, 6.45) is 2.41. The molecule has 3 saturated carbocycles. The van der Waals surface area contributed by atoms with Crippen LogP contribution in [0.1, 0.15) is 81.9 Å². The molecular weight excluding hydrogens is 718 g/mol. The van der Waals surface area contributed by atoms with Crippen LogP contribution in [-0.4, -0.2) is 78.8 Å². The summed E-state index contributed by atoms with van der Waals surface area (Å²) in [5, 5.41) is 48.4. The third-order valence-corrected chi connectivity index (χ3v) is 14.4. The van der Waals surface area contributed by atoms with E-state index in [1.165, 1.54) is 0 Å². The van der Waals surface area contributed by atoms with Crippen molar-refractivity contribution in [1.29, 1.82) is 0 Å². The highest BCUT2D eigenvalue weighted by atomic mass is 16.4. The highest BCUT2D eigenvalue weighted by Gasteiger charge is 2.76. The zero-order valence-corrected chi connectivity index (χ0v) is 31.5. The number of primary amides is 1. The van der Waals surface area contributed by atoms with E-state index in [4.69, 9.17) is 5.73 Å². The Hall–Kier alpha value is -4.91. The highest BCUT2D eigenvalue weighted by molar-refractivity contribution is 6.26. The summed E-state index contributed by atoms with van der Waals surface area (Å²) in [4.78, 5) is 96.5. The molecule has 4 unspecified atom stereocenters. The lowest BCUT2D eigenvalue weighted by atomic mass is 9.39. The number of Topliss-reactive ketones (excluding diaryl/α,β-unsaturated/α-hetero) is 6. The van der Waals surface area contributed by atoms with Crippen LogP contribution in [0.5, 0.6) is 5.75 Å². The van der Waals surface area contributed by atoms with E-state index in [-0.39, 0.29) is 59.5 Å². The summed E-state index contributed by atoms with van der Waals surface area (Å²) >= 11 is 0. The van der Waals surface area contributed by atoms with Crippen LogP contribution in [0, 0.1) is 58.2 Å². The van der Waals surface area contributed by atoms with Crippen LogP contribution in [0.2, 0.25) is 0 Å². The predicted octanol–water partition coefficient (Wildman–Crippen LogP) is 2.48. The Morgan fingerprint density at radius 1 is 0.857 bits per heavy atom. The van der Waals surface area contributed by atoms with Crippen LogP contribution in [-0.2, 0) is 38.4 Å². The normalized spacial score (nSPS) is 37.4. The molecule has 0 aliphatic heterocycles. The van der Waals surface area contributed by atoms with E-state index in [9.17, 15) is 49.2 Å². The van der Waals surface area contributed by atoms with Gasteiger partial charge in [0.25, 0.3) is 0 Å². The molecule has 12 nitrogen and oxygen atoms in total.